The average molecular weight is 292 g/mol. The van der Waals surface area contributed by atoms with Gasteiger partial charge in [-0.2, -0.15) is 0 Å². The SMILES string of the molecule is CC(NC1CCN(C(=O)OC(C)(C)C)C1)c1cnccn1. The number of hydrogen-bond donors (Lipinski definition) is 1. The minimum Gasteiger partial charge on any atom is -0.444 e. The van der Waals surface area contributed by atoms with Gasteiger partial charge in [0.2, 0.25) is 0 Å². The molecule has 2 atom stereocenters. The molecule has 1 aliphatic heterocycles. The normalized spacial score (nSPS) is 20.4. The van der Waals surface area contributed by atoms with Crippen LogP contribution in [0, 0.1) is 0 Å². The van der Waals surface area contributed by atoms with Gasteiger partial charge in [-0.15, -0.1) is 0 Å². The molecule has 6 heteroatoms. The van der Waals surface area contributed by atoms with Crippen molar-refractivity contribution in [3.63, 3.8) is 0 Å². The van der Waals surface area contributed by atoms with Crippen molar-refractivity contribution in [2.75, 3.05) is 13.1 Å². The van der Waals surface area contributed by atoms with E-state index in [1.807, 2.05) is 20.8 Å². The number of nitrogens with zero attached hydrogens (tertiary/aromatic N) is 3. The summed E-state index contributed by atoms with van der Waals surface area (Å²) in [5.74, 6) is 0. The molecular weight excluding hydrogens is 268 g/mol. The van der Waals surface area contributed by atoms with Crippen LogP contribution in [0.25, 0.3) is 0 Å². The second kappa shape index (κ2) is 6.39. The third-order valence-electron chi connectivity index (χ3n) is 3.35. The lowest BCUT2D eigenvalue weighted by molar-refractivity contribution is 0.0290. The van der Waals surface area contributed by atoms with Crippen LogP contribution in [0.3, 0.4) is 0 Å². The van der Waals surface area contributed by atoms with E-state index in [4.69, 9.17) is 4.74 Å². The number of amides is 1. The van der Waals surface area contributed by atoms with E-state index in [0.29, 0.717) is 6.54 Å². The molecule has 1 saturated heterocycles. The minimum absolute atomic E-state index is 0.113. The number of ether oxygens (including phenoxy) is 1. The lowest BCUT2D eigenvalue weighted by Gasteiger charge is -2.25. The fourth-order valence-electron chi connectivity index (χ4n) is 2.36. The highest BCUT2D eigenvalue weighted by Crippen LogP contribution is 2.17. The molecule has 1 aromatic rings. The summed E-state index contributed by atoms with van der Waals surface area (Å²) >= 11 is 0. The number of carbonyl (C=O) groups excluding carboxylic acids is 1. The van der Waals surface area contributed by atoms with Crippen molar-refractivity contribution in [1.82, 2.24) is 20.2 Å². The topological polar surface area (TPSA) is 67.4 Å². The van der Waals surface area contributed by atoms with Crippen LogP contribution in [0.5, 0.6) is 0 Å². The summed E-state index contributed by atoms with van der Waals surface area (Å²) in [4.78, 5) is 22.1. The zero-order valence-corrected chi connectivity index (χ0v) is 13.2. The van der Waals surface area contributed by atoms with Gasteiger partial charge in [-0.05, 0) is 34.1 Å². The van der Waals surface area contributed by atoms with Crippen molar-refractivity contribution < 1.29 is 9.53 Å². The molecule has 2 unspecified atom stereocenters. The molecule has 0 radical (unpaired) electrons. The molecule has 0 saturated carbocycles. The van der Waals surface area contributed by atoms with Crippen molar-refractivity contribution in [2.45, 2.75) is 51.8 Å². The Morgan fingerprint density at radius 2 is 2.24 bits per heavy atom. The minimum atomic E-state index is -0.449. The highest BCUT2D eigenvalue weighted by Gasteiger charge is 2.30. The number of carbonyl (C=O) groups is 1. The number of aromatic nitrogens is 2. The largest absolute Gasteiger partial charge is 0.444 e. The fraction of sp³-hybridized carbons (Fsp3) is 0.667. The molecule has 0 spiro atoms. The van der Waals surface area contributed by atoms with Crippen LogP contribution < -0.4 is 5.32 Å². The molecule has 1 amide bonds. The predicted molar refractivity (Wildman–Crippen MR) is 79.8 cm³/mol. The van der Waals surface area contributed by atoms with Gasteiger partial charge in [0.25, 0.3) is 0 Å². The molecular formula is C15H24N4O2. The summed E-state index contributed by atoms with van der Waals surface area (Å²) in [5, 5.41) is 3.49. The van der Waals surface area contributed by atoms with Gasteiger partial charge in [-0.1, -0.05) is 0 Å². The Hall–Kier alpha value is -1.69. The molecule has 0 bridgehead atoms. The molecule has 1 fully saturated rings. The van der Waals surface area contributed by atoms with Crippen LogP contribution >= 0.6 is 0 Å². The van der Waals surface area contributed by atoms with Gasteiger partial charge >= 0.3 is 6.09 Å². The van der Waals surface area contributed by atoms with Crippen LogP contribution in [0.15, 0.2) is 18.6 Å². The Balaban J connectivity index is 1.84. The molecule has 1 aromatic heterocycles. The maximum Gasteiger partial charge on any atom is 0.410 e. The number of rotatable bonds is 3. The Kier molecular flexibility index (Phi) is 4.77. The third-order valence-corrected chi connectivity index (χ3v) is 3.35. The zero-order chi connectivity index (χ0) is 15.5. The standard InChI is InChI=1S/C15H24N4O2/c1-11(13-9-16-6-7-17-13)18-12-5-8-19(10-12)14(20)21-15(2,3)4/h6-7,9,11-12,18H,5,8,10H2,1-4H3. The van der Waals surface area contributed by atoms with E-state index in [1.54, 1.807) is 23.5 Å². The average Bonchev–Trinajstić information content (AvgIpc) is 2.86. The van der Waals surface area contributed by atoms with Crippen LogP contribution in [-0.4, -0.2) is 45.7 Å². The van der Waals surface area contributed by atoms with Crippen LogP contribution in [-0.2, 0) is 4.74 Å². The van der Waals surface area contributed by atoms with Crippen LogP contribution in [0.1, 0.15) is 45.9 Å². The molecule has 21 heavy (non-hydrogen) atoms. The van der Waals surface area contributed by atoms with Gasteiger partial charge in [0.15, 0.2) is 0 Å². The second-order valence-electron chi connectivity index (χ2n) is 6.43. The van der Waals surface area contributed by atoms with Gasteiger partial charge in [0.1, 0.15) is 5.60 Å². The quantitative estimate of drug-likeness (QED) is 0.924. The van der Waals surface area contributed by atoms with Crippen LogP contribution in [0.4, 0.5) is 4.79 Å². The lowest BCUT2D eigenvalue weighted by atomic mass is 10.2. The van der Waals surface area contributed by atoms with Gasteiger partial charge in [-0.25, -0.2) is 4.79 Å². The maximum absolute atomic E-state index is 12.0. The number of likely N-dealkylation sites (tertiary alicyclic amines) is 1. The molecule has 1 N–H and O–H groups in total. The Morgan fingerprint density at radius 3 is 2.86 bits per heavy atom. The summed E-state index contributed by atoms with van der Waals surface area (Å²) in [5.41, 5.74) is 0.461. The van der Waals surface area contributed by atoms with E-state index in [2.05, 4.69) is 22.2 Å². The smallest absolute Gasteiger partial charge is 0.410 e. The van der Waals surface area contributed by atoms with E-state index in [1.165, 1.54) is 0 Å². The number of nitrogens with one attached hydrogen (secondary N) is 1. The summed E-state index contributed by atoms with van der Waals surface area (Å²) in [6, 6.07) is 0.372. The highest BCUT2D eigenvalue weighted by molar-refractivity contribution is 5.68. The Labute approximate surface area is 125 Å². The summed E-state index contributed by atoms with van der Waals surface area (Å²) in [6.45, 7) is 9.09. The van der Waals surface area contributed by atoms with E-state index < -0.39 is 5.60 Å². The molecule has 2 heterocycles. The summed E-state index contributed by atoms with van der Waals surface area (Å²) in [7, 11) is 0. The maximum atomic E-state index is 12.0. The Bertz CT molecular complexity index is 472. The van der Waals surface area contributed by atoms with Crippen molar-refractivity contribution in [3.05, 3.63) is 24.3 Å². The number of hydrogen-bond acceptors (Lipinski definition) is 5. The first-order valence-electron chi connectivity index (χ1n) is 7.35. The van der Waals surface area contributed by atoms with Crippen molar-refractivity contribution in [1.29, 1.82) is 0 Å². The molecule has 6 nitrogen and oxygen atoms in total. The van der Waals surface area contributed by atoms with Gasteiger partial charge < -0.3 is 15.0 Å². The lowest BCUT2D eigenvalue weighted by Crippen LogP contribution is -2.39. The molecule has 2 rings (SSSR count). The summed E-state index contributed by atoms with van der Waals surface area (Å²) in [6.07, 6.45) is 5.80. The van der Waals surface area contributed by atoms with Gasteiger partial charge in [0, 0.05) is 43.8 Å². The molecule has 0 aliphatic carbocycles. The van der Waals surface area contributed by atoms with E-state index in [0.717, 1.165) is 18.7 Å². The first kappa shape index (κ1) is 15.7. The second-order valence-corrected chi connectivity index (χ2v) is 6.43. The molecule has 0 aromatic carbocycles. The van der Waals surface area contributed by atoms with Crippen molar-refractivity contribution in [2.24, 2.45) is 0 Å². The fourth-order valence-corrected chi connectivity index (χ4v) is 2.36. The van der Waals surface area contributed by atoms with Crippen molar-refractivity contribution >= 4 is 6.09 Å². The Morgan fingerprint density at radius 1 is 1.48 bits per heavy atom. The van der Waals surface area contributed by atoms with Gasteiger partial charge in [-0.3, -0.25) is 9.97 Å². The monoisotopic (exact) mass is 292 g/mol. The predicted octanol–water partition coefficient (Wildman–Crippen LogP) is 2.14. The van der Waals surface area contributed by atoms with E-state index in [9.17, 15) is 4.79 Å². The van der Waals surface area contributed by atoms with Crippen LogP contribution in [0.2, 0.25) is 0 Å². The first-order chi connectivity index (χ1) is 9.85. The summed E-state index contributed by atoms with van der Waals surface area (Å²) < 4.78 is 5.40. The zero-order valence-electron chi connectivity index (χ0n) is 13.2. The molecule has 116 valence electrons. The highest BCUT2D eigenvalue weighted by atomic mass is 16.6. The first-order valence-corrected chi connectivity index (χ1v) is 7.35. The van der Waals surface area contributed by atoms with Crippen molar-refractivity contribution in [3.8, 4) is 0 Å². The molecule has 1 aliphatic rings. The van der Waals surface area contributed by atoms with E-state index >= 15 is 0 Å². The van der Waals surface area contributed by atoms with Gasteiger partial charge in [0.05, 0.1) is 5.69 Å². The third kappa shape index (κ3) is 4.67. The van der Waals surface area contributed by atoms with E-state index in [-0.39, 0.29) is 18.2 Å².